The Labute approximate surface area is 374 Å². The molecule has 1 aliphatic carbocycles. The topological polar surface area (TPSA) is 77.3 Å². The van der Waals surface area contributed by atoms with Gasteiger partial charge in [-0.05, 0) is 106 Å². The Morgan fingerprint density at radius 1 is 0.277 bits per heavy atom. The number of pyridine rings is 6. The van der Waals surface area contributed by atoms with Crippen molar-refractivity contribution >= 4 is 43.6 Å². The fraction of sp³-hybridized carbons (Fsp3) is 0.0169. The molecule has 6 aromatic carbocycles. The molecule has 0 saturated heterocycles. The minimum absolute atomic E-state index is 0.803. The van der Waals surface area contributed by atoms with E-state index in [9.17, 15) is 0 Å². The van der Waals surface area contributed by atoms with E-state index in [-0.39, 0.29) is 0 Å². The molecule has 0 amide bonds. The van der Waals surface area contributed by atoms with Crippen LogP contribution in [-0.2, 0) is 5.41 Å². The monoisotopic (exact) mass is 828 g/mol. The quantitative estimate of drug-likeness (QED) is 0.155. The van der Waals surface area contributed by atoms with Gasteiger partial charge in [-0.25, -0.2) is 9.97 Å². The van der Waals surface area contributed by atoms with Gasteiger partial charge in [0.05, 0.1) is 50.3 Å². The molecule has 6 heteroatoms. The standard InChI is InChI=1S/C59H36N6/c1-3-29-60-51(15-1)43-21-25-47-48-26-22-44(52-16-2-4-30-61-52)36-50(48)59(49(47)35-43,45-13-5-9-41(33-45)53-27-23-39-19-17-37-11-7-31-62-55(37)57(39)64-53)46-14-6-10-42(34-46)54-28-24-40-20-18-38-12-8-32-63-56(38)58(40)65-54/h1-36H. The van der Waals surface area contributed by atoms with Crippen LogP contribution in [0.2, 0.25) is 0 Å². The van der Waals surface area contributed by atoms with Crippen LogP contribution in [0.5, 0.6) is 0 Å². The van der Waals surface area contributed by atoms with Crippen molar-refractivity contribution in [3.8, 4) is 56.2 Å². The van der Waals surface area contributed by atoms with Gasteiger partial charge in [0.25, 0.3) is 0 Å². The van der Waals surface area contributed by atoms with E-state index in [1.54, 1.807) is 0 Å². The zero-order chi connectivity index (χ0) is 42.9. The summed E-state index contributed by atoms with van der Waals surface area (Å²) < 4.78 is 0. The first kappa shape index (κ1) is 36.9. The lowest BCUT2D eigenvalue weighted by Gasteiger charge is -2.35. The number of benzene rings is 6. The lowest BCUT2D eigenvalue weighted by atomic mass is 9.66. The average molecular weight is 829 g/mol. The second-order valence-corrected chi connectivity index (χ2v) is 16.7. The second-order valence-electron chi connectivity index (χ2n) is 16.7. The minimum atomic E-state index is -0.803. The molecule has 302 valence electrons. The molecule has 0 aliphatic heterocycles. The smallest absolute Gasteiger partial charge is 0.0972 e. The molecule has 12 aromatic rings. The lowest BCUT2D eigenvalue weighted by molar-refractivity contribution is 0.769. The number of aromatic nitrogens is 6. The fourth-order valence-corrected chi connectivity index (χ4v) is 10.1. The average Bonchev–Trinajstić information content (AvgIpc) is 3.68. The lowest BCUT2D eigenvalue weighted by Crippen LogP contribution is -2.29. The summed E-state index contributed by atoms with van der Waals surface area (Å²) in [5, 5.41) is 4.24. The third-order valence-corrected chi connectivity index (χ3v) is 13.1. The molecule has 6 aromatic heterocycles. The first-order valence-corrected chi connectivity index (χ1v) is 21.8. The Morgan fingerprint density at radius 2 is 0.708 bits per heavy atom. The van der Waals surface area contributed by atoms with E-state index in [0.717, 1.165) is 99.8 Å². The van der Waals surface area contributed by atoms with Crippen LogP contribution in [0, 0.1) is 0 Å². The third-order valence-electron chi connectivity index (χ3n) is 13.1. The molecule has 0 saturated carbocycles. The second kappa shape index (κ2) is 14.7. The Bertz CT molecular complexity index is 3590. The summed E-state index contributed by atoms with van der Waals surface area (Å²) in [6.45, 7) is 0. The van der Waals surface area contributed by atoms with Crippen LogP contribution in [0.25, 0.3) is 99.8 Å². The molecule has 6 heterocycles. The first-order chi connectivity index (χ1) is 32.2. The number of rotatable bonds is 6. The van der Waals surface area contributed by atoms with Gasteiger partial charge >= 0.3 is 0 Å². The van der Waals surface area contributed by atoms with Gasteiger partial charge in [-0.15, -0.1) is 0 Å². The van der Waals surface area contributed by atoms with Gasteiger partial charge in [0.1, 0.15) is 0 Å². The summed E-state index contributed by atoms with van der Waals surface area (Å²) in [5.41, 5.74) is 17.4. The van der Waals surface area contributed by atoms with Crippen LogP contribution in [-0.4, -0.2) is 29.9 Å². The van der Waals surface area contributed by atoms with Crippen LogP contribution in [0.4, 0.5) is 0 Å². The van der Waals surface area contributed by atoms with E-state index in [1.165, 1.54) is 22.3 Å². The number of hydrogen-bond donors (Lipinski definition) is 0. The van der Waals surface area contributed by atoms with Gasteiger partial charge in [0.2, 0.25) is 0 Å². The van der Waals surface area contributed by atoms with Gasteiger partial charge in [-0.3, -0.25) is 19.9 Å². The Hall–Kier alpha value is -8.74. The van der Waals surface area contributed by atoms with Crippen LogP contribution in [0.15, 0.2) is 219 Å². The Morgan fingerprint density at radius 3 is 1.17 bits per heavy atom. The van der Waals surface area contributed by atoms with Gasteiger partial charge in [-0.2, -0.15) is 0 Å². The highest BCUT2D eigenvalue weighted by Crippen LogP contribution is 2.58. The Kier molecular flexibility index (Phi) is 8.33. The van der Waals surface area contributed by atoms with Gasteiger partial charge in [-0.1, -0.05) is 121 Å². The summed E-state index contributed by atoms with van der Waals surface area (Å²) >= 11 is 0. The predicted molar refractivity (Wildman–Crippen MR) is 262 cm³/mol. The maximum Gasteiger partial charge on any atom is 0.0972 e. The minimum Gasteiger partial charge on any atom is -0.256 e. The zero-order valence-electron chi connectivity index (χ0n) is 35.0. The van der Waals surface area contributed by atoms with Crippen LogP contribution in [0.1, 0.15) is 22.3 Å². The van der Waals surface area contributed by atoms with Crippen molar-refractivity contribution in [3.63, 3.8) is 0 Å². The molecule has 0 N–H and O–H groups in total. The van der Waals surface area contributed by atoms with Crippen LogP contribution >= 0.6 is 0 Å². The highest BCUT2D eigenvalue weighted by atomic mass is 14.8. The van der Waals surface area contributed by atoms with Gasteiger partial charge in [0.15, 0.2) is 0 Å². The third kappa shape index (κ3) is 5.88. The molecular weight excluding hydrogens is 793 g/mol. The van der Waals surface area contributed by atoms with E-state index < -0.39 is 5.41 Å². The van der Waals surface area contributed by atoms with Crippen molar-refractivity contribution in [2.24, 2.45) is 0 Å². The van der Waals surface area contributed by atoms with Crippen molar-refractivity contribution in [2.75, 3.05) is 0 Å². The number of hydrogen-bond acceptors (Lipinski definition) is 6. The molecule has 0 spiro atoms. The number of fused-ring (bicyclic) bond motifs is 9. The highest BCUT2D eigenvalue weighted by molar-refractivity contribution is 6.04. The number of nitrogens with zero attached hydrogens (tertiary/aromatic N) is 6. The van der Waals surface area contributed by atoms with Gasteiger partial charge < -0.3 is 0 Å². The molecule has 0 unspecified atom stereocenters. The summed E-state index contributed by atoms with van der Waals surface area (Å²) in [4.78, 5) is 29.9. The van der Waals surface area contributed by atoms with Crippen LogP contribution in [0.3, 0.4) is 0 Å². The SMILES string of the molecule is c1ccc(-c2ccc3c(c2)C(c2cccc(-c4ccc5ccc6cccnc6c5n4)c2)(c2cccc(-c4ccc5ccc6cccnc6c5n4)c2)c2cc(-c4ccccn4)ccc2-3)nc1. The maximum atomic E-state index is 5.34. The molecule has 13 rings (SSSR count). The fourth-order valence-electron chi connectivity index (χ4n) is 10.1. The van der Waals surface area contributed by atoms with E-state index in [2.05, 4.69) is 158 Å². The Balaban J connectivity index is 1.10. The molecule has 65 heavy (non-hydrogen) atoms. The van der Waals surface area contributed by atoms with E-state index in [1.807, 2.05) is 61.2 Å². The molecule has 0 fully saturated rings. The van der Waals surface area contributed by atoms with Gasteiger partial charge in [0, 0.05) is 68.6 Å². The largest absolute Gasteiger partial charge is 0.256 e. The molecule has 6 nitrogen and oxygen atoms in total. The van der Waals surface area contributed by atoms with Crippen molar-refractivity contribution in [2.45, 2.75) is 5.41 Å². The zero-order valence-corrected chi connectivity index (χ0v) is 35.0. The summed E-state index contributed by atoms with van der Waals surface area (Å²) in [7, 11) is 0. The molecule has 0 bridgehead atoms. The molecule has 0 atom stereocenters. The maximum absolute atomic E-state index is 5.34. The summed E-state index contributed by atoms with van der Waals surface area (Å²) in [6, 6.07) is 69.0. The molecular formula is C59H36N6. The summed E-state index contributed by atoms with van der Waals surface area (Å²) in [5.74, 6) is 0. The predicted octanol–water partition coefficient (Wildman–Crippen LogP) is 13.7. The summed E-state index contributed by atoms with van der Waals surface area (Å²) in [6.07, 6.45) is 7.41. The normalized spacial score (nSPS) is 12.7. The van der Waals surface area contributed by atoms with E-state index in [4.69, 9.17) is 29.9 Å². The molecule has 1 aliphatic rings. The van der Waals surface area contributed by atoms with Crippen molar-refractivity contribution in [1.29, 1.82) is 0 Å². The van der Waals surface area contributed by atoms with Crippen LogP contribution < -0.4 is 0 Å². The van der Waals surface area contributed by atoms with E-state index >= 15 is 0 Å². The van der Waals surface area contributed by atoms with Crippen molar-refractivity contribution in [3.05, 3.63) is 241 Å². The highest BCUT2D eigenvalue weighted by Gasteiger charge is 2.47. The first-order valence-electron chi connectivity index (χ1n) is 21.8. The van der Waals surface area contributed by atoms with E-state index in [0.29, 0.717) is 0 Å². The van der Waals surface area contributed by atoms with Crippen molar-refractivity contribution < 1.29 is 0 Å². The van der Waals surface area contributed by atoms with Crippen molar-refractivity contribution in [1.82, 2.24) is 29.9 Å². The molecule has 0 radical (unpaired) electrons.